The van der Waals surface area contributed by atoms with Gasteiger partial charge in [0.1, 0.15) is 5.78 Å². The molecule has 14 heavy (non-hydrogen) atoms. The third-order valence-electron chi connectivity index (χ3n) is 2.58. The molecule has 0 bridgehead atoms. The molecule has 0 saturated heterocycles. The Labute approximate surface area is 88.2 Å². The van der Waals surface area contributed by atoms with Gasteiger partial charge in [0, 0.05) is 11.7 Å². The first-order valence-electron chi connectivity index (χ1n) is 4.61. The van der Waals surface area contributed by atoms with E-state index >= 15 is 0 Å². The quantitative estimate of drug-likeness (QED) is 0.671. The zero-order valence-electron chi connectivity index (χ0n) is 9.06. The van der Waals surface area contributed by atoms with E-state index in [0.717, 1.165) is 22.1 Å². The van der Waals surface area contributed by atoms with E-state index in [2.05, 4.69) is 22.2 Å². The maximum atomic E-state index is 11.0. The van der Waals surface area contributed by atoms with Gasteiger partial charge in [-0.15, -0.1) is 0 Å². The second-order valence-electron chi connectivity index (χ2n) is 3.66. The van der Waals surface area contributed by atoms with Crippen LogP contribution in [0.25, 0.3) is 0 Å². The van der Waals surface area contributed by atoms with E-state index in [9.17, 15) is 4.79 Å². The number of carbonyl (C=O) groups is 1. The summed E-state index contributed by atoms with van der Waals surface area (Å²) in [4.78, 5) is 15.4. The van der Waals surface area contributed by atoms with Crippen molar-refractivity contribution >= 4 is 21.3 Å². The molecule has 0 aromatic carbocycles. The summed E-state index contributed by atoms with van der Waals surface area (Å²) in [6.07, 6.45) is 0.421. The topological polar surface area (TPSA) is 30.0 Å². The Hall–Kier alpha value is -0.963. The van der Waals surface area contributed by atoms with Gasteiger partial charge in [-0.25, -0.2) is 0 Å². The molecule has 0 saturated carbocycles. The summed E-state index contributed by atoms with van der Waals surface area (Å²) in [5.74, 6) is 0.148. The van der Waals surface area contributed by atoms with Crippen LogP contribution < -0.4 is 5.32 Å². The van der Waals surface area contributed by atoms with Crippen LogP contribution in [-0.2, 0) is 11.2 Å². The van der Waals surface area contributed by atoms with Crippen LogP contribution in [0.2, 0.25) is 0 Å². The summed E-state index contributed by atoms with van der Waals surface area (Å²) in [5.41, 5.74) is 4.36. The Morgan fingerprint density at radius 1 is 1.21 bits per heavy atom. The fraction of sp³-hybridized carbons (Fsp3) is 0.455. The Kier molecular flexibility index (Phi) is 3.21. The molecule has 0 N–H and O–H groups in total. The zero-order valence-corrected chi connectivity index (χ0v) is 10.1. The zero-order chi connectivity index (χ0) is 10.9. The number of hydrogen-bond donors (Lipinski definition) is 0. The minimum absolute atomic E-state index is 0.148. The molecule has 1 aromatic heterocycles. The molecule has 0 atom stereocenters. The maximum absolute atomic E-state index is 11.0. The van der Waals surface area contributed by atoms with Crippen molar-refractivity contribution in [1.82, 2.24) is 4.98 Å². The summed E-state index contributed by atoms with van der Waals surface area (Å²) in [7, 11) is 3.45. The van der Waals surface area contributed by atoms with E-state index in [4.69, 9.17) is 0 Å². The lowest BCUT2D eigenvalue weighted by molar-refractivity contribution is -0.116. The summed E-state index contributed by atoms with van der Waals surface area (Å²) in [6.45, 7) is 7.68. The Bertz CT molecular complexity index is 385. The highest BCUT2D eigenvalue weighted by atomic mass is 28.1. The van der Waals surface area contributed by atoms with Gasteiger partial charge in [-0.3, -0.25) is 9.78 Å². The first-order valence-corrected chi connectivity index (χ1v) is 5.11. The number of pyridine rings is 1. The molecule has 0 amide bonds. The molecule has 0 fully saturated rings. The molecule has 1 heterocycles. The van der Waals surface area contributed by atoms with Crippen LogP contribution in [0.4, 0.5) is 0 Å². The smallest absolute Gasteiger partial charge is 0.135 e. The van der Waals surface area contributed by atoms with Crippen LogP contribution in [0.1, 0.15) is 29.3 Å². The number of carbonyl (C=O) groups excluding carboxylic acids is 1. The summed E-state index contributed by atoms with van der Waals surface area (Å²) in [5, 5.41) is 0.837. The van der Waals surface area contributed by atoms with Gasteiger partial charge < -0.3 is 0 Å². The van der Waals surface area contributed by atoms with E-state index in [1.54, 1.807) is 6.92 Å². The minimum atomic E-state index is 0.148. The van der Waals surface area contributed by atoms with Crippen molar-refractivity contribution < 1.29 is 4.79 Å². The highest BCUT2D eigenvalue weighted by Crippen LogP contribution is 2.13. The van der Waals surface area contributed by atoms with Crippen molar-refractivity contribution in [2.24, 2.45) is 0 Å². The first kappa shape index (κ1) is 11.1. The molecule has 0 unspecified atom stereocenters. The van der Waals surface area contributed by atoms with Gasteiger partial charge in [0.05, 0.1) is 15.9 Å². The van der Waals surface area contributed by atoms with Gasteiger partial charge in [0.15, 0.2) is 0 Å². The average Bonchev–Trinajstić information content (AvgIpc) is 2.10. The van der Waals surface area contributed by atoms with Crippen molar-refractivity contribution in [3.05, 3.63) is 22.4 Å². The second-order valence-corrected chi connectivity index (χ2v) is 4.13. The number of aromatic nitrogens is 1. The molecule has 1 aromatic rings. The molecule has 0 aliphatic heterocycles. The van der Waals surface area contributed by atoms with Gasteiger partial charge in [-0.2, -0.15) is 0 Å². The Balaban J connectivity index is 3.25. The molecular weight excluding hydrogens is 190 g/mol. The van der Waals surface area contributed by atoms with Crippen LogP contribution >= 0.6 is 0 Å². The summed E-state index contributed by atoms with van der Waals surface area (Å²) < 4.78 is 0. The number of ketones is 1. The summed E-state index contributed by atoms with van der Waals surface area (Å²) >= 11 is 0. The largest absolute Gasteiger partial charge is 0.300 e. The highest BCUT2D eigenvalue weighted by Gasteiger charge is 2.09. The van der Waals surface area contributed by atoms with Crippen molar-refractivity contribution in [3.8, 4) is 0 Å². The predicted octanol–water partition coefficient (Wildman–Crippen LogP) is 0.932. The lowest BCUT2D eigenvalue weighted by Crippen LogP contribution is -2.19. The van der Waals surface area contributed by atoms with Gasteiger partial charge >= 0.3 is 0 Å². The Morgan fingerprint density at radius 2 is 1.79 bits per heavy atom. The molecule has 0 aliphatic rings. The molecule has 2 nitrogen and oxygen atoms in total. The Morgan fingerprint density at radius 3 is 2.29 bits per heavy atom. The van der Waals surface area contributed by atoms with Crippen molar-refractivity contribution in [2.75, 3.05) is 0 Å². The lowest BCUT2D eigenvalue weighted by Gasteiger charge is -2.12. The van der Waals surface area contributed by atoms with Crippen LogP contribution in [0.15, 0.2) is 0 Å². The van der Waals surface area contributed by atoms with Gasteiger partial charge in [0.25, 0.3) is 0 Å². The molecule has 0 aliphatic carbocycles. The van der Waals surface area contributed by atoms with Gasteiger partial charge in [-0.1, -0.05) is 0 Å². The second kappa shape index (κ2) is 4.05. The summed E-state index contributed by atoms with van der Waals surface area (Å²) in [6, 6.07) is 0. The number of nitrogens with zero attached hydrogens (tertiary/aromatic N) is 1. The van der Waals surface area contributed by atoms with Gasteiger partial charge in [0.2, 0.25) is 0 Å². The van der Waals surface area contributed by atoms with Crippen LogP contribution in [0.5, 0.6) is 0 Å². The monoisotopic (exact) mass is 204 g/mol. The average molecular weight is 204 g/mol. The number of rotatable bonds is 2. The van der Waals surface area contributed by atoms with Gasteiger partial charge in [-0.05, 0) is 44.4 Å². The molecule has 3 heteroatoms. The van der Waals surface area contributed by atoms with Crippen molar-refractivity contribution in [3.63, 3.8) is 0 Å². The van der Waals surface area contributed by atoms with Crippen molar-refractivity contribution in [2.45, 2.75) is 34.1 Å². The van der Waals surface area contributed by atoms with E-state index in [0.29, 0.717) is 6.42 Å². The third-order valence-corrected chi connectivity index (χ3v) is 3.06. The maximum Gasteiger partial charge on any atom is 0.135 e. The van der Waals surface area contributed by atoms with Crippen LogP contribution in [0, 0.1) is 20.8 Å². The van der Waals surface area contributed by atoms with Crippen molar-refractivity contribution in [1.29, 1.82) is 0 Å². The molecule has 1 rings (SSSR count). The molecule has 0 spiro atoms. The van der Waals surface area contributed by atoms with E-state index < -0.39 is 0 Å². The van der Waals surface area contributed by atoms with E-state index in [-0.39, 0.29) is 5.78 Å². The first-order chi connectivity index (χ1) is 6.43. The fourth-order valence-electron chi connectivity index (χ4n) is 1.39. The normalized spacial score (nSPS) is 10.4. The highest BCUT2D eigenvalue weighted by molar-refractivity contribution is 6.31. The number of hydrogen-bond acceptors (Lipinski definition) is 2. The SMILES string of the molecule is CC(=O)Cc1nc([Si])c(C)c(C)c1C. The molecular formula is C11H14NOSi. The molecule has 3 radical (unpaired) electrons. The van der Waals surface area contributed by atoms with E-state index in [1.807, 2.05) is 13.8 Å². The number of Topliss-reactive ketones (excluding diaryl/α,β-unsaturated/α-hetero) is 1. The fourth-order valence-corrected chi connectivity index (χ4v) is 1.71. The third kappa shape index (κ3) is 2.10. The van der Waals surface area contributed by atoms with Crippen LogP contribution in [0.3, 0.4) is 0 Å². The lowest BCUT2D eigenvalue weighted by atomic mass is 10.0. The molecule has 73 valence electrons. The minimum Gasteiger partial charge on any atom is -0.300 e. The predicted molar refractivity (Wildman–Crippen MR) is 58.2 cm³/mol. The van der Waals surface area contributed by atoms with Crippen LogP contribution in [-0.4, -0.2) is 21.0 Å². The standard InChI is InChI=1S/C11H14NOSi/c1-6(13)5-10-8(3)7(2)9(4)11(14)12-10/h5H2,1-4H3. The van der Waals surface area contributed by atoms with E-state index in [1.165, 1.54) is 5.56 Å².